The molecule has 0 saturated carbocycles. The summed E-state index contributed by atoms with van der Waals surface area (Å²) in [4.78, 5) is 0. The van der Waals surface area contributed by atoms with Crippen molar-refractivity contribution in [2.75, 3.05) is 6.54 Å². The molecule has 0 aliphatic carbocycles. The average molecular weight is 182 g/mol. The quantitative estimate of drug-likeness (QED) is 0.733. The highest BCUT2D eigenvalue weighted by Crippen LogP contribution is 2.05. The van der Waals surface area contributed by atoms with E-state index in [1.54, 1.807) is 6.20 Å². The van der Waals surface area contributed by atoms with Crippen LogP contribution in [-0.4, -0.2) is 11.7 Å². The van der Waals surface area contributed by atoms with Gasteiger partial charge in [-0.3, -0.25) is 0 Å². The van der Waals surface area contributed by atoms with E-state index < -0.39 is 0 Å². The van der Waals surface area contributed by atoms with Gasteiger partial charge in [0, 0.05) is 6.07 Å². The van der Waals surface area contributed by atoms with Crippen molar-refractivity contribution in [3.63, 3.8) is 0 Å². The summed E-state index contributed by atoms with van der Waals surface area (Å²) in [5.41, 5.74) is 0. The maximum absolute atomic E-state index is 4.97. The van der Waals surface area contributed by atoms with Crippen LogP contribution in [0.25, 0.3) is 0 Å². The Labute approximate surface area is 79.5 Å². The zero-order chi connectivity index (χ0) is 9.52. The van der Waals surface area contributed by atoms with Gasteiger partial charge in [-0.25, -0.2) is 0 Å². The average Bonchev–Trinajstić information content (AvgIpc) is 2.65. The van der Waals surface area contributed by atoms with Gasteiger partial charge in [-0.05, 0) is 12.5 Å². The summed E-state index contributed by atoms with van der Waals surface area (Å²) in [6, 6.07) is 1.89. The van der Waals surface area contributed by atoms with Crippen LogP contribution in [0.5, 0.6) is 0 Å². The van der Waals surface area contributed by atoms with Gasteiger partial charge >= 0.3 is 0 Å². The Balaban J connectivity index is 2.13. The minimum absolute atomic E-state index is 0.780. The van der Waals surface area contributed by atoms with Gasteiger partial charge in [-0.15, -0.1) is 0 Å². The standard InChI is InChI=1S/C10H18N2O/c1-3-9(4-2)7-11-8-10-5-6-12-13-10/h5-6,9,11H,3-4,7-8H2,1-2H3. The third kappa shape index (κ3) is 3.59. The summed E-state index contributed by atoms with van der Waals surface area (Å²) in [6.45, 7) is 6.30. The van der Waals surface area contributed by atoms with E-state index in [0.29, 0.717) is 0 Å². The molecule has 0 atom stereocenters. The molecule has 0 aliphatic rings. The fraction of sp³-hybridized carbons (Fsp3) is 0.700. The van der Waals surface area contributed by atoms with Gasteiger partial charge in [0.15, 0.2) is 0 Å². The van der Waals surface area contributed by atoms with Crippen molar-refractivity contribution in [3.05, 3.63) is 18.0 Å². The second-order valence-electron chi connectivity index (χ2n) is 3.29. The highest BCUT2D eigenvalue weighted by molar-refractivity contribution is 4.91. The Morgan fingerprint density at radius 1 is 1.46 bits per heavy atom. The van der Waals surface area contributed by atoms with Gasteiger partial charge in [0.2, 0.25) is 0 Å². The highest BCUT2D eigenvalue weighted by atomic mass is 16.5. The van der Waals surface area contributed by atoms with Crippen LogP contribution in [0.2, 0.25) is 0 Å². The summed E-state index contributed by atoms with van der Waals surface area (Å²) in [5.74, 6) is 1.69. The molecule has 1 aromatic heterocycles. The third-order valence-corrected chi connectivity index (χ3v) is 2.38. The van der Waals surface area contributed by atoms with E-state index in [1.807, 2.05) is 6.07 Å². The van der Waals surface area contributed by atoms with Crippen molar-refractivity contribution in [1.29, 1.82) is 0 Å². The maximum atomic E-state index is 4.97. The lowest BCUT2D eigenvalue weighted by atomic mass is 10.0. The van der Waals surface area contributed by atoms with Crippen LogP contribution in [0.4, 0.5) is 0 Å². The lowest BCUT2D eigenvalue weighted by Gasteiger charge is -2.11. The minimum atomic E-state index is 0.780. The first-order valence-electron chi connectivity index (χ1n) is 4.97. The zero-order valence-electron chi connectivity index (χ0n) is 8.42. The maximum Gasteiger partial charge on any atom is 0.150 e. The Kier molecular flexibility index (Phi) is 4.54. The molecule has 1 aromatic rings. The van der Waals surface area contributed by atoms with Crippen LogP contribution >= 0.6 is 0 Å². The molecular weight excluding hydrogens is 164 g/mol. The molecule has 1 heterocycles. The smallest absolute Gasteiger partial charge is 0.150 e. The molecular formula is C10H18N2O. The Morgan fingerprint density at radius 2 is 2.23 bits per heavy atom. The Hall–Kier alpha value is -0.830. The van der Waals surface area contributed by atoms with E-state index in [4.69, 9.17) is 4.52 Å². The first kappa shape index (κ1) is 10.3. The van der Waals surface area contributed by atoms with Gasteiger partial charge in [0.05, 0.1) is 12.7 Å². The first-order chi connectivity index (χ1) is 6.36. The fourth-order valence-electron chi connectivity index (χ4n) is 1.31. The van der Waals surface area contributed by atoms with E-state index in [1.165, 1.54) is 12.8 Å². The first-order valence-corrected chi connectivity index (χ1v) is 4.97. The summed E-state index contributed by atoms with van der Waals surface area (Å²) in [5, 5.41) is 7.00. The molecule has 3 nitrogen and oxygen atoms in total. The van der Waals surface area contributed by atoms with Crippen molar-refractivity contribution >= 4 is 0 Å². The molecule has 3 heteroatoms. The number of nitrogens with one attached hydrogen (secondary N) is 1. The van der Waals surface area contributed by atoms with Gasteiger partial charge in [0.25, 0.3) is 0 Å². The van der Waals surface area contributed by atoms with Crippen LogP contribution in [0.15, 0.2) is 16.8 Å². The summed E-state index contributed by atoms with van der Waals surface area (Å²) < 4.78 is 4.97. The monoisotopic (exact) mass is 182 g/mol. The summed E-state index contributed by atoms with van der Waals surface area (Å²) in [7, 11) is 0. The molecule has 0 radical (unpaired) electrons. The van der Waals surface area contributed by atoms with Crippen molar-refractivity contribution in [1.82, 2.24) is 10.5 Å². The van der Waals surface area contributed by atoms with E-state index >= 15 is 0 Å². The van der Waals surface area contributed by atoms with E-state index in [0.717, 1.165) is 24.8 Å². The lowest BCUT2D eigenvalue weighted by Crippen LogP contribution is -2.21. The second-order valence-corrected chi connectivity index (χ2v) is 3.29. The predicted molar refractivity (Wildman–Crippen MR) is 52.3 cm³/mol. The molecule has 1 N–H and O–H groups in total. The zero-order valence-corrected chi connectivity index (χ0v) is 8.42. The molecule has 74 valence electrons. The Morgan fingerprint density at radius 3 is 2.77 bits per heavy atom. The van der Waals surface area contributed by atoms with Crippen molar-refractivity contribution in [2.24, 2.45) is 5.92 Å². The van der Waals surface area contributed by atoms with Crippen LogP contribution in [0.3, 0.4) is 0 Å². The van der Waals surface area contributed by atoms with Gasteiger partial charge in [-0.1, -0.05) is 31.8 Å². The van der Waals surface area contributed by atoms with Crippen LogP contribution in [-0.2, 0) is 6.54 Å². The topological polar surface area (TPSA) is 38.1 Å². The van der Waals surface area contributed by atoms with Crippen LogP contribution in [0.1, 0.15) is 32.4 Å². The van der Waals surface area contributed by atoms with Crippen molar-refractivity contribution < 1.29 is 4.52 Å². The molecule has 0 fully saturated rings. The number of aromatic nitrogens is 1. The fourth-order valence-corrected chi connectivity index (χ4v) is 1.31. The van der Waals surface area contributed by atoms with Gasteiger partial charge in [-0.2, -0.15) is 0 Å². The molecule has 1 rings (SSSR count). The largest absolute Gasteiger partial charge is 0.360 e. The molecule has 0 aromatic carbocycles. The third-order valence-electron chi connectivity index (χ3n) is 2.38. The number of nitrogens with zero attached hydrogens (tertiary/aromatic N) is 1. The number of hydrogen-bond donors (Lipinski definition) is 1. The number of hydrogen-bond acceptors (Lipinski definition) is 3. The SMILES string of the molecule is CCC(CC)CNCc1ccno1. The van der Waals surface area contributed by atoms with E-state index in [9.17, 15) is 0 Å². The molecule has 0 unspecified atom stereocenters. The van der Waals surface area contributed by atoms with Crippen LogP contribution < -0.4 is 5.32 Å². The summed E-state index contributed by atoms with van der Waals surface area (Å²) >= 11 is 0. The van der Waals surface area contributed by atoms with E-state index in [2.05, 4.69) is 24.3 Å². The van der Waals surface area contributed by atoms with E-state index in [-0.39, 0.29) is 0 Å². The van der Waals surface area contributed by atoms with Crippen molar-refractivity contribution in [3.8, 4) is 0 Å². The Bertz CT molecular complexity index is 205. The van der Waals surface area contributed by atoms with Crippen LogP contribution in [0, 0.1) is 5.92 Å². The van der Waals surface area contributed by atoms with Gasteiger partial charge in [0.1, 0.15) is 5.76 Å². The summed E-state index contributed by atoms with van der Waals surface area (Å²) in [6.07, 6.45) is 4.15. The van der Waals surface area contributed by atoms with Crippen molar-refractivity contribution in [2.45, 2.75) is 33.2 Å². The molecule has 13 heavy (non-hydrogen) atoms. The molecule has 0 saturated heterocycles. The highest BCUT2D eigenvalue weighted by Gasteiger charge is 2.02. The molecule has 0 aliphatic heterocycles. The number of rotatable bonds is 6. The predicted octanol–water partition coefficient (Wildman–Crippen LogP) is 2.20. The molecule has 0 amide bonds. The minimum Gasteiger partial charge on any atom is -0.360 e. The normalized spacial score (nSPS) is 11.0. The molecule has 0 spiro atoms. The second kappa shape index (κ2) is 5.75. The molecule has 0 bridgehead atoms. The van der Waals surface area contributed by atoms with Gasteiger partial charge < -0.3 is 9.84 Å². The lowest BCUT2D eigenvalue weighted by molar-refractivity contribution is 0.362.